The molecule has 2 aromatic rings. The van der Waals surface area contributed by atoms with Crippen molar-refractivity contribution in [2.24, 2.45) is 0 Å². The SMILES string of the molecule is COc1ccccc1N(CCCC(=O)Nc1cc([N+](=O)[O-])ccc1Cl)S(C)(=O)=O. The summed E-state index contributed by atoms with van der Waals surface area (Å²) in [6.07, 6.45) is 1.27. The van der Waals surface area contributed by atoms with Crippen molar-refractivity contribution < 1.29 is 22.9 Å². The summed E-state index contributed by atoms with van der Waals surface area (Å²) in [7, 11) is -2.16. The molecule has 0 aromatic heterocycles. The summed E-state index contributed by atoms with van der Waals surface area (Å²) in [6, 6.07) is 10.4. The highest BCUT2D eigenvalue weighted by Gasteiger charge is 2.21. The number of para-hydroxylation sites is 2. The summed E-state index contributed by atoms with van der Waals surface area (Å²) < 4.78 is 30.8. The van der Waals surface area contributed by atoms with Crippen LogP contribution in [0.2, 0.25) is 5.02 Å². The molecule has 0 saturated carbocycles. The monoisotopic (exact) mass is 441 g/mol. The maximum absolute atomic E-state index is 12.2. The number of rotatable bonds is 9. The highest BCUT2D eigenvalue weighted by atomic mass is 35.5. The summed E-state index contributed by atoms with van der Waals surface area (Å²) in [4.78, 5) is 22.5. The third-order valence-electron chi connectivity index (χ3n) is 3.95. The molecule has 0 spiro atoms. The van der Waals surface area contributed by atoms with E-state index >= 15 is 0 Å². The summed E-state index contributed by atoms with van der Waals surface area (Å²) in [5.41, 5.74) is 0.291. The Morgan fingerprint density at radius 1 is 1.28 bits per heavy atom. The van der Waals surface area contributed by atoms with Crippen molar-refractivity contribution in [1.29, 1.82) is 0 Å². The second-order valence-corrected chi connectivity index (χ2v) is 8.39. The zero-order valence-corrected chi connectivity index (χ0v) is 17.4. The Morgan fingerprint density at radius 3 is 2.59 bits per heavy atom. The fourth-order valence-corrected chi connectivity index (χ4v) is 3.75. The van der Waals surface area contributed by atoms with Crippen LogP contribution in [0.5, 0.6) is 5.75 Å². The second-order valence-electron chi connectivity index (χ2n) is 6.08. The zero-order valence-electron chi connectivity index (χ0n) is 15.8. The van der Waals surface area contributed by atoms with Crippen molar-refractivity contribution in [3.63, 3.8) is 0 Å². The smallest absolute Gasteiger partial charge is 0.271 e. The largest absolute Gasteiger partial charge is 0.495 e. The molecule has 0 aliphatic heterocycles. The summed E-state index contributed by atoms with van der Waals surface area (Å²) in [5.74, 6) is -0.0494. The van der Waals surface area contributed by atoms with Crippen molar-refractivity contribution in [1.82, 2.24) is 0 Å². The van der Waals surface area contributed by atoms with Gasteiger partial charge in [0.15, 0.2) is 0 Å². The van der Waals surface area contributed by atoms with Crippen molar-refractivity contribution >= 4 is 44.6 Å². The van der Waals surface area contributed by atoms with Gasteiger partial charge in [0.25, 0.3) is 5.69 Å². The van der Waals surface area contributed by atoms with E-state index in [0.717, 1.165) is 12.3 Å². The number of halogens is 1. The van der Waals surface area contributed by atoms with Crippen LogP contribution in [0.3, 0.4) is 0 Å². The van der Waals surface area contributed by atoms with E-state index in [1.54, 1.807) is 24.3 Å². The molecule has 11 heteroatoms. The molecule has 0 atom stereocenters. The predicted octanol–water partition coefficient (Wildman–Crippen LogP) is 3.44. The highest BCUT2D eigenvalue weighted by molar-refractivity contribution is 7.92. The summed E-state index contributed by atoms with van der Waals surface area (Å²) >= 11 is 5.96. The lowest BCUT2D eigenvalue weighted by Gasteiger charge is -2.24. The number of ether oxygens (including phenoxy) is 1. The molecule has 9 nitrogen and oxygen atoms in total. The molecule has 2 rings (SSSR count). The van der Waals surface area contributed by atoms with Gasteiger partial charge in [-0.3, -0.25) is 19.2 Å². The molecule has 29 heavy (non-hydrogen) atoms. The normalized spacial score (nSPS) is 11.0. The average Bonchev–Trinajstić information content (AvgIpc) is 2.66. The maximum atomic E-state index is 12.2. The molecule has 0 aliphatic carbocycles. The Morgan fingerprint density at radius 2 is 1.97 bits per heavy atom. The van der Waals surface area contributed by atoms with Crippen molar-refractivity contribution in [3.05, 3.63) is 57.6 Å². The number of nitrogens with one attached hydrogen (secondary N) is 1. The number of methoxy groups -OCH3 is 1. The van der Waals surface area contributed by atoms with Crippen LogP contribution in [0.4, 0.5) is 17.1 Å². The van der Waals surface area contributed by atoms with E-state index in [9.17, 15) is 23.3 Å². The maximum Gasteiger partial charge on any atom is 0.271 e. The van der Waals surface area contributed by atoms with Crippen molar-refractivity contribution in [2.45, 2.75) is 12.8 Å². The Hall–Kier alpha value is -2.85. The molecule has 0 heterocycles. The Labute approximate surface area is 173 Å². The fraction of sp³-hybridized carbons (Fsp3) is 0.278. The first kappa shape index (κ1) is 22.4. The van der Waals surface area contributed by atoms with E-state index in [-0.39, 0.29) is 35.8 Å². The number of nitro benzene ring substituents is 1. The van der Waals surface area contributed by atoms with Crippen LogP contribution in [0.1, 0.15) is 12.8 Å². The number of nitro groups is 1. The van der Waals surface area contributed by atoms with E-state index in [0.29, 0.717) is 11.4 Å². The Balaban J connectivity index is 2.06. The lowest BCUT2D eigenvalue weighted by molar-refractivity contribution is -0.384. The number of sulfonamides is 1. The molecule has 0 fully saturated rings. The van der Waals surface area contributed by atoms with Gasteiger partial charge in [0.05, 0.1) is 34.7 Å². The van der Waals surface area contributed by atoms with Gasteiger partial charge in [-0.15, -0.1) is 0 Å². The summed E-state index contributed by atoms with van der Waals surface area (Å²) in [6.45, 7) is 0.0509. The van der Waals surface area contributed by atoms with Gasteiger partial charge in [-0.05, 0) is 24.6 Å². The molecule has 2 aromatic carbocycles. The molecule has 0 radical (unpaired) electrons. The molecule has 0 aliphatic rings. The fourth-order valence-electron chi connectivity index (χ4n) is 2.62. The van der Waals surface area contributed by atoms with Crippen molar-refractivity contribution in [3.8, 4) is 5.75 Å². The molecule has 156 valence electrons. The quantitative estimate of drug-likeness (QED) is 0.470. The number of benzene rings is 2. The average molecular weight is 442 g/mol. The molecular weight excluding hydrogens is 422 g/mol. The van der Waals surface area contributed by atoms with Crippen LogP contribution in [-0.2, 0) is 14.8 Å². The number of non-ortho nitro benzene ring substituents is 1. The number of carbonyl (C=O) groups is 1. The van der Waals surface area contributed by atoms with Gasteiger partial charge in [-0.2, -0.15) is 0 Å². The lowest BCUT2D eigenvalue weighted by Crippen LogP contribution is -2.31. The van der Waals surface area contributed by atoms with Gasteiger partial charge in [-0.25, -0.2) is 8.42 Å². The van der Waals surface area contributed by atoms with Crippen LogP contribution in [-0.4, -0.2) is 39.2 Å². The minimum Gasteiger partial charge on any atom is -0.495 e. The predicted molar refractivity (Wildman–Crippen MR) is 111 cm³/mol. The molecule has 0 bridgehead atoms. The lowest BCUT2D eigenvalue weighted by atomic mass is 10.2. The van der Waals surface area contributed by atoms with Crippen molar-refractivity contribution in [2.75, 3.05) is 29.5 Å². The molecule has 0 unspecified atom stereocenters. The van der Waals surface area contributed by atoms with Gasteiger partial charge in [-0.1, -0.05) is 23.7 Å². The molecule has 1 amide bonds. The van der Waals surface area contributed by atoms with E-state index in [1.165, 1.54) is 23.5 Å². The molecule has 0 saturated heterocycles. The third-order valence-corrected chi connectivity index (χ3v) is 5.46. The number of amides is 1. The standard InChI is InChI=1S/C18H20ClN3O6S/c1-28-17-7-4-3-6-16(17)21(29(2,26)27)11-5-8-18(23)20-15-12-13(22(24)25)9-10-14(15)19/h3-4,6-7,9-10,12H,5,8,11H2,1-2H3,(H,20,23). The first-order valence-corrected chi connectivity index (χ1v) is 10.7. The minimum absolute atomic E-state index is 0.0137. The van der Waals surface area contributed by atoms with Crippen LogP contribution in [0.15, 0.2) is 42.5 Å². The Bertz CT molecular complexity index is 1010. The molecule has 1 N–H and O–H groups in total. The van der Waals surface area contributed by atoms with Crippen LogP contribution in [0, 0.1) is 10.1 Å². The number of carbonyl (C=O) groups excluding carboxylic acids is 1. The van der Waals surface area contributed by atoms with Crippen LogP contribution in [0.25, 0.3) is 0 Å². The van der Waals surface area contributed by atoms with Crippen LogP contribution < -0.4 is 14.4 Å². The summed E-state index contributed by atoms with van der Waals surface area (Å²) in [5, 5.41) is 13.5. The minimum atomic E-state index is -3.60. The number of anilines is 2. The highest BCUT2D eigenvalue weighted by Crippen LogP contribution is 2.30. The van der Waals surface area contributed by atoms with E-state index in [2.05, 4.69) is 5.32 Å². The third kappa shape index (κ3) is 6.06. The van der Waals surface area contributed by atoms with Crippen LogP contribution >= 0.6 is 11.6 Å². The van der Waals surface area contributed by atoms with E-state index < -0.39 is 20.9 Å². The molecular formula is C18H20ClN3O6S. The van der Waals surface area contributed by atoms with Gasteiger partial charge in [0.1, 0.15) is 5.75 Å². The topological polar surface area (TPSA) is 119 Å². The first-order chi connectivity index (χ1) is 13.6. The van der Waals surface area contributed by atoms with Gasteiger partial charge in [0, 0.05) is 25.1 Å². The van der Waals surface area contributed by atoms with E-state index in [1.807, 2.05) is 0 Å². The number of hydrogen-bond acceptors (Lipinski definition) is 6. The number of nitrogens with zero attached hydrogens (tertiary/aromatic N) is 2. The van der Waals surface area contributed by atoms with Gasteiger partial charge >= 0.3 is 0 Å². The Kier molecular flexibility index (Phi) is 7.40. The second kappa shape index (κ2) is 9.57. The first-order valence-electron chi connectivity index (χ1n) is 8.48. The van der Waals surface area contributed by atoms with Gasteiger partial charge < -0.3 is 10.1 Å². The number of hydrogen-bond donors (Lipinski definition) is 1. The zero-order chi connectivity index (χ0) is 21.6. The van der Waals surface area contributed by atoms with E-state index in [4.69, 9.17) is 16.3 Å². The van der Waals surface area contributed by atoms with Gasteiger partial charge in [0.2, 0.25) is 15.9 Å².